The molecule has 1 N–H and O–H groups in total. The van der Waals surface area contributed by atoms with Gasteiger partial charge in [0.15, 0.2) is 5.82 Å². The number of imidazole rings is 2. The summed E-state index contributed by atoms with van der Waals surface area (Å²) in [5.41, 5.74) is 6.70. The van der Waals surface area contributed by atoms with Crippen molar-refractivity contribution in [2.75, 3.05) is 14.1 Å². The highest BCUT2D eigenvalue weighted by atomic mass is 15.1. The lowest BCUT2D eigenvalue weighted by atomic mass is 10.1. The summed E-state index contributed by atoms with van der Waals surface area (Å²) in [6.45, 7) is 3.68. The number of hydrogen-bond acceptors (Lipinski definition) is 3. The van der Waals surface area contributed by atoms with Gasteiger partial charge in [-0.2, -0.15) is 0 Å². The molecule has 0 fully saturated rings. The van der Waals surface area contributed by atoms with E-state index in [1.165, 1.54) is 11.1 Å². The number of aromatic nitrogens is 4. The summed E-state index contributed by atoms with van der Waals surface area (Å²) in [5, 5.41) is 0. The van der Waals surface area contributed by atoms with Crippen molar-refractivity contribution in [1.29, 1.82) is 0 Å². The van der Waals surface area contributed by atoms with E-state index in [2.05, 4.69) is 69.9 Å². The van der Waals surface area contributed by atoms with Crippen LogP contribution in [-0.2, 0) is 13.1 Å². The summed E-state index contributed by atoms with van der Waals surface area (Å²) >= 11 is 0. The van der Waals surface area contributed by atoms with Crippen molar-refractivity contribution >= 4 is 0 Å². The van der Waals surface area contributed by atoms with Gasteiger partial charge in [-0.05, 0) is 32.1 Å². The van der Waals surface area contributed by atoms with Gasteiger partial charge in [0.25, 0.3) is 0 Å². The molecule has 2 aromatic carbocycles. The van der Waals surface area contributed by atoms with Gasteiger partial charge >= 0.3 is 0 Å². The van der Waals surface area contributed by atoms with Crippen LogP contribution in [0.2, 0.25) is 0 Å². The smallest absolute Gasteiger partial charge is 0.156 e. The van der Waals surface area contributed by atoms with E-state index in [0.29, 0.717) is 0 Å². The lowest BCUT2D eigenvalue weighted by Gasteiger charge is -2.15. The van der Waals surface area contributed by atoms with E-state index < -0.39 is 0 Å². The van der Waals surface area contributed by atoms with Gasteiger partial charge in [0.2, 0.25) is 0 Å². The predicted molar refractivity (Wildman–Crippen MR) is 113 cm³/mol. The molecule has 0 saturated carbocycles. The van der Waals surface area contributed by atoms with Crippen molar-refractivity contribution in [2.45, 2.75) is 20.0 Å². The first-order chi connectivity index (χ1) is 13.6. The Kier molecular flexibility index (Phi) is 5.08. The number of nitrogens with one attached hydrogen (secondary N) is 1. The van der Waals surface area contributed by atoms with Crippen molar-refractivity contribution in [3.8, 4) is 22.8 Å². The van der Waals surface area contributed by atoms with Crippen LogP contribution in [-0.4, -0.2) is 38.5 Å². The summed E-state index contributed by atoms with van der Waals surface area (Å²) in [6.07, 6.45) is 3.78. The Labute approximate surface area is 165 Å². The average Bonchev–Trinajstić information content (AvgIpc) is 3.29. The normalized spacial score (nSPS) is 11.3. The molecule has 0 radical (unpaired) electrons. The molecule has 142 valence electrons. The number of rotatable bonds is 6. The van der Waals surface area contributed by atoms with E-state index in [0.717, 1.165) is 41.6 Å². The zero-order valence-corrected chi connectivity index (χ0v) is 16.6. The molecule has 28 heavy (non-hydrogen) atoms. The maximum Gasteiger partial charge on any atom is 0.156 e. The summed E-state index contributed by atoms with van der Waals surface area (Å²) < 4.78 is 2.19. The average molecular weight is 371 g/mol. The lowest BCUT2D eigenvalue weighted by Crippen LogP contribution is -2.13. The fourth-order valence-electron chi connectivity index (χ4n) is 3.48. The maximum atomic E-state index is 4.75. The Bertz CT molecular complexity index is 1060. The third-order valence-electron chi connectivity index (χ3n) is 4.76. The van der Waals surface area contributed by atoms with Crippen LogP contribution in [0.5, 0.6) is 0 Å². The van der Waals surface area contributed by atoms with Gasteiger partial charge in [0.1, 0.15) is 5.69 Å². The second-order valence-corrected chi connectivity index (χ2v) is 7.36. The minimum Gasteiger partial charge on any atom is -0.341 e. The standard InChI is InChI=1S/C23H25N5/c1-17-13-24-23(26-17)22-21(18-9-5-4-6-10-18)25-16-28(22)15-20-12-8-7-11-19(20)14-27(2)3/h4-13,16H,14-15H2,1-3H3,(H,24,26). The molecule has 0 aliphatic rings. The molecular formula is C23H25N5. The first kappa shape index (κ1) is 18.2. The number of aromatic amines is 1. The molecule has 0 aliphatic heterocycles. The maximum absolute atomic E-state index is 4.75. The fraction of sp³-hybridized carbons (Fsp3) is 0.217. The van der Waals surface area contributed by atoms with Gasteiger partial charge in [0.05, 0.1) is 12.0 Å². The lowest BCUT2D eigenvalue weighted by molar-refractivity contribution is 0.400. The molecular weight excluding hydrogens is 346 g/mol. The Morgan fingerprint density at radius 1 is 0.929 bits per heavy atom. The van der Waals surface area contributed by atoms with Gasteiger partial charge in [-0.25, -0.2) is 9.97 Å². The molecule has 4 aromatic rings. The molecule has 0 unspecified atom stereocenters. The van der Waals surface area contributed by atoms with Crippen LogP contribution in [0.3, 0.4) is 0 Å². The Morgan fingerprint density at radius 3 is 2.32 bits per heavy atom. The zero-order chi connectivity index (χ0) is 19.5. The SMILES string of the molecule is Cc1cnc(-c2c(-c3ccccc3)ncn2Cc2ccccc2CN(C)C)[nH]1. The van der Waals surface area contributed by atoms with Crippen molar-refractivity contribution in [2.24, 2.45) is 0 Å². The number of H-pyrrole nitrogens is 1. The predicted octanol–water partition coefficient (Wildman–Crippen LogP) is 4.36. The highest BCUT2D eigenvalue weighted by Gasteiger charge is 2.18. The summed E-state index contributed by atoms with van der Waals surface area (Å²) in [7, 11) is 4.19. The zero-order valence-electron chi connectivity index (χ0n) is 16.6. The highest BCUT2D eigenvalue weighted by molar-refractivity contribution is 5.75. The largest absolute Gasteiger partial charge is 0.341 e. The van der Waals surface area contributed by atoms with E-state index in [9.17, 15) is 0 Å². The van der Waals surface area contributed by atoms with E-state index in [4.69, 9.17) is 4.98 Å². The first-order valence-corrected chi connectivity index (χ1v) is 9.46. The van der Waals surface area contributed by atoms with Crippen molar-refractivity contribution in [3.63, 3.8) is 0 Å². The molecule has 0 amide bonds. The van der Waals surface area contributed by atoms with Crippen LogP contribution in [0.25, 0.3) is 22.8 Å². The molecule has 2 aromatic heterocycles. The van der Waals surface area contributed by atoms with Crippen LogP contribution in [0.15, 0.2) is 67.1 Å². The summed E-state index contributed by atoms with van der Waals surface area (Å²) in [5.74, 6) is 0.846. The second-order valence-electron chi connectivity index (χ2n) is 7.36. The minimum atomic E-state index is 0.749. The monoisotopic (exact) mass is 371 g/mol. The summed E-state index contributed by atoms with van der Waals surface area (Å²) in [4.78, 5) is 14.9. The topological polar surface area (TPSA) is 49.7 Å². The third kappa shape index (κ3) is 3.75. The molecule has 0 atom stereocenters. The Morgan fingerprint density at radius 2 is 1.64 bits per heavy atom. The van der Waals surface area contributed by atoms with Crippen LogP contribution < -0.4 is 0 Å². The molecule has 2 heterocycles. The number of hydrogen-bond donors (Lipinski definition) is 1. The first-order valence-electron chi connectivity index (χ1n) is 9.46. The molecule has 0 spiro atoms. The fourth-order valence-corrected chi connectivity index (χ4v) is 3.48. The molecule has 0 saturated heterocycles. The molecule has 0 aliphatic carbocycles. The van der Waals surface area contributed by atoms with E-state index in [1.807, 2.05) is 37.6 Å². The van der Waals surface area contributed by atoms with Gasteiger partial charge < -0.3 is 14.5 Å². The third-order valence-corrected chi connectivity index (χ3v) is 4.76. The van der Waals surface area contributed by atoms with Crippen LogP contribution in [0.1, 0.15) is 16.8 Å². The van der Waals surface area contributed by atoms with Crippen molar-refractivity contribution in [3.05, 3.63) is 83.9 Å². The van der Waals surface area contributed by atoms with Gasteiger partial charge in [-0.3, -0.25) is 0 Å². The van der Waals surface area contributed by atoms with Gasteiger partial charge in [-0.1, -0.05) is 54.6 Å². The van der Waals surface area contributed by atoms with E-state index >= 15 is 0 Å². The summed E-state index contributed by atoms with van der Waals surface area (Å²) in [6, 6.07) is 18.9. The highest BCUT2D eigenvalue weighted by Crippen LogP contribution is 2.30. The van der Waals surface area contributed by atoms with E-state index in [-0.39, 0.29) is 0 Å². The Balaban J connectivity index is 1.80. The van der Waals surface area contributed by atoms with Gasteiger partial charge in [-0.15, -0.1) is 0 Å². The molecule has 5 nitrogen and oxygen atoms in total. The van der Waals surface area contributed by atoms with Crippen LogP contribution >= 0.6 is 0 Å². The molecule has 4 rings (SSSR count). The van der Waals surface area contributed by atoms with Gasteiger partial charge in [0, 0.05) is 30.5 Å². The molecule has 5 heteroatoms. The van der Waals surface area contributed by atoms with E-state index in [1.54, 1.807) is 0 Å². The number of nitrogens with zero attached hydrogens (tertiary/aromatic N) is 4. The number of benzene rings is 2. The van der Waals surface area contributed by atoms with Crippen molar-refractivity contribution in [1.82, 2.24) is 24.4 Å². The molecule has 0 bridgehead atoms. The Hall–Kier alpha value is -3.18. The number of aryl methyl sites for hydroxylation is 1. The van der Waals surface area contributed by atoms with Crippen molar-refractivity contribution < 1.29 is 0 Å². The quantitative estimate of drug-likeness (QED) is 0.548. The second kappa shape index (κ2) is 7.82. The van der Waals surface area contributed by atoms with Crippen LogP contribution in [0, 0.1) is 6.92 Å². The minimum absolute atomic E-state index is 0.749. The van der Waals surface area contributed by atoms with Crippen LogP contribution in [0.4, 0.5) is 0 Å².